The molecule has 0 spiro atoms. The molecule has 1 atom stereocenters. The van der Waals surface area contributed by atoms with Gasteiger partial charge in [0.05, 0.1) is 6.54 Å². The van der Waals surface area contributed by atoms with Gasteiger partial charge >= 0.3 is 0 Å². The molecule has 1 aromatic carbocycles. The van der Waals surface area contributed by atoms with Crippen molar-refractivity contribution in [1.29, 1.82) is 0 Å². The summed E-state index contributed by atoms with van der Waals surface area (Å²) in [4.78, 5) is 9.37. The Morgan fingerprint density at radius 3 is 2.48 bits per heavy atom. The lowest BCUT2D eigenvalue weighted by Gasteiger charge is -2.33. The molecule has 0 aromatic heterocycles. The third kappa shape index (κ3) is 6.32. The first kappa shape index (κ1) is 20.8. The van der Waals surface area contributed by atoms with Crippen molar-refractivity contribution in [2.75, 3.05) is 31.1 Å². The Morgan fingerprint density at radius 2 is 1.80 bits per heavy atom. The minimum atomic E-state index is 0. The maximum Gasteiger partial charge on any atom is 0.191 e. The van der Waals surface area contributed by atoms with Gasteiger partial charge in [-0.3, -0.25) is 4.90 Å². The largest absolute Gasteiger partial charge is 0.370 e. The van der Waals surface area contributed by atoms with Gasteiger partial charge in [-0.25, -0.2) is 4.99 Å². The van der Waals surface area contributed by atoms with Gasteiger partial charge in [0.25, 0.3) is 0 Å². The highest BCUT2D eigenvalue weighted by Crippen LogP contribution is 2.19. The van der Waals surface area contributed by atoms with Gasteiger partial charge in [-0.2, -0.15) is 11.8 Å². The predicted molar refractivity (Wildman–Crippen MR) is 120 cm³/mol. The van der Waals surface area contributed by atoms with Gasteiger partial charge in [-0.15, -0.1) is 24.0 Å². The summed E-state index contributed by atoms with van der Waals surface area (Å²) in [5.41, 5.74) is 8.76. The molecule has 4 nitrogen and oxygen atoms in total. The number of halogens is 1. The number of likely N-dealkylation sites (tertiary alicyclic amines) is 1. The highest BCUT2D eigenvalue weighted by molar-refractivity contribution is 14.0. The van der Waals surface area contributed by atoms with Crippen LogP contribution in [0.5, 0.6) is 0 Å². The molecule has 140 valence electrons. The summed E-state index contributed by atoms with van der Waals surface area (Å²) < 4.78 is 0. The van der Waals surface area contributed by atoms with E-state index >= 15 is 0 Å². The fourth-order valence-electron chi connectivity index (χ4n) is 3.44. The molecular weight excluding hydrogens is 443 g/mol. The van der Waals surface area contributed by atoms with Crippen LogP contribution in [0.1, 0.15) is 37.3 Å². The van der Waals surface area contributed by atoms with Crippen LogP contribution in [-0.2, 0) is 13.1 Å². The van der Waals surface area contributed by atoms with Crippen LogP contribution in [0.3, 0.4) is 0 Å². The van der Waals surface area contributed by atoms with E-state index in [0.717, 1.165) is 31.1 Å². The number of guanidine groups is 1. The van der Waals surface area contributed by atoms with E-state index in [0.29, 0.717) is 18.5 Å². The van der Waals surface area contributed by atoms with Crippen LogP contribution in [-0.4, -0.2) is 52.9 Å². The zero-order valence-corrected chi connectivity index (χ0v) is 18.3. The maximum absolute atomic E-state index is 6.13. The third-order valence-corrected chi connectivity index (χ3v) is 6.05. The number of benzene rings is 1. The Morgan fingerprint density at radius 1 is 1.12 bits per heavy atom. The standard InChI is InChI=1S/C19H30N4S.HI/c1-16-4-2-3-9-23(16)15-18-7-5-17(6-8-18)14-21-19(20)22-10-12-24-13-11-22;/h5-8,16H,2-4,9-15H2,1H3,(H2,20,21);1H. The van der Waals surface area contributed by atoms with Crippen molar-refractivity contribution in [3.05, 3.63) is 35.4 Å². The lowest BCUT2D eigenvalue weighted by Crippen LogP contribution is -2.42. The van der Waals surface area contributed by atoms with Crippen LogP contribution in [0.25, 0.3) is 0 Å². The first-order chi connectivity index (χ1) is 11.7. The highest BCUT2D eigenvalue weighted by atomic mass is 127. The summed E-state index contributed by atoms with van der Waals surface area (Å²) in [6.07, 6.45) is 4.05. The van der Waals surface area contributed by atoms with Crippen molar-refractivity contribution in [3.8, 4) is 0 Å². The molecular formula is C19H31IN4S. The van der Waals surface area contributed by atoms with Gasteiger partial charge in [0.1, 0.15) is 0 Å². The molecule has 0 aliphatic carbocycles. The first-order valence-corrected chi connectivity index (χ1v) is 10.3. The van der Waals surface area contributed by atoms with E-state index in [9.17, 15) is 0 Å². The average molecular weight is 474 g/mol. The molecule has 25 heavy (non-hydrogen) atoms. The van der Waals surface area contributed by atoms with Gasteiger partial charge in [-0.05, 0) is 37.4 Å². The van der Waals surface area contributed by atoms with Crippen LogP contribution in [0.4, 0.5) is 0 Å². The Bertz CT molecular complexity index is 543. The summed E-state index contributed by atoms with van der Waals surface area (Å²) in [5.74, 6) is 3.00. The molecule has 3 rings (SSSR count). The molecule has 0 radical (unpaired) electrons. The van der Waals surface area contributed by atoms with E-state index in [-0.39, 0.29) is 24.0 Å². The van der Waals surface area contributed by atoms with Crippen LogP contribution < -0.4 is 5.73 Å². The van der Waals surface area contributed by atoms with E-state index in [1.807, 2.05) is 11.8 Å². The van der Waals surface area contributed by atoms with Crippen molar-refractivity contribution < 1.29 is 0 Å². The van der Waals surface area contributed by atoms with E-state index in [1.165, 1.54) is 36.9 Å². The molecule has 2 heterocycles. The topological polar surface area (TPSA) is 44.9 Å². The van der Waals surface area contributed by atoms with Crippen LogP contribution in [0.2, 0.25) is 0 Å². The second kappa shape index (κ2) is 10.6. The average Bonchev–Trinajstić information content (AvgIpc) is 2.63. The number of hydrogen-bond donors (Lipinski definition) is 1. The summed E-state index contributed by atoms with van der Waals surface area (Å²) in [7, 11) is 0. The molecule has 2 saturated heterocycles. The lowest BCUT2D eigenvalue weighted by molar-refractivity contribution is 0.152. The van der Waals surface area contributed by atoms with Gasteiger partial charge in [0, 0.05) is 37.2 Å². The minimum absolute atomic E-state index is 0. The van der Waals surface area contributed by atoms with Gasteiger partial charge < -0.3 is 10.6 Å². The number of rotatable bonds is 4. The fraction of sp³-hybridized carbons (Fsp3) is 0.632. The summed E-state index contributed by atoms with van der Waals surface area (Å²) in [6, 6.07) is 9.62. The zero-order valence-electron chi connectivity index (χ0n) is 15.2. The van der Waals surface area contributed by atoms with Crippen molar-refractivity contribution in [3.63, 3.8) is 0 Å². The number of thioether (sulfide) groups is 1. The first-order valence-electron chi connectivity index (χ1n) is 9.17. The van der Waals surface area contributed by atoms with E-state index in [2.05, 4.69) is 46.0 Å². The minimum Gasteiger partial charge on any atom is -0.370 e. The molecule has 2 aliphatic rings. The molecule has 2 N–H and O–H groups in total. The molecule has 0 saturated carbocycles. The Labute approximate surface area is 173 Å². The lowest BCUT2D eigenvalue weighted by atomic mass is 10.0. The Kier molecular flexibility index (Phi) is 8.85. The second-order valence-electron chi connectivity index (χ2n) is 6.91. The Balaban J connectivity index is 0.00000225. The van der Waals surface area contributed by atoms with Crippen molar-refractivity contribution >= 4 is 41.7 Å². The number of hydrogen-bond acceptors (Lipinski definition) is 3. The fourth-order valence-corrected chi connectivity index (χ4v) is 4.34. The summed E-state index contributed by atoms with van der Waals surface area (Å²) in [6.45, 7) is 7.37. The monoisotopic (exact) mass is 474 g/mol. The van der Waals surface area contributed by atoms with Crippen LogP contribution in [0.15, 0.2) is 29.3 Å². The SMILES string of the molecule is CC1CCCCN1Cc1ccc(CN=C(N)N2CCSCC2)cc1.I. The van der Waals surface area contributed by atoms with Crippen LogP contribution >= 0.6 is 35.7 Å². The van der Waals surface area contributed by atoms with E-state index in [1.54, 1.807) is 0 Å². The normalized spacial score (nSPS) is 22.5. The summed E-state index contributed by atoms with van der Waals surface area (Å²) >= 11 is 1.99. The second-order valence-corrected chi connectivity index (χ2v) is 8.13. The number of nitrogens with two attached hydrogens (primary N) is 1. The van der Waals surface area contributed by atoms with Gasteiger partial charge in [0.2, 0.25) is 0 Å². The maximum atomic E-state index is 6.13. The van der Waals surface area contributed by atoms with E-state index in [4.69, 9.17) is 5.73 Å². The van der Waals surface area contributed by atoms with Gasteiger partial charge in [0.15, 0.2) is 5.96 Å². The quantitative estimate of drug-likeness (QED) is 0.412. The summed E-state index contributed by atoms with van der Waals surface area (Å²) in [5, 5.41) is 0. The molecule has 6 heteroatoms. The molecule has 2 fully saturated rings. The number of nitrogens with zero attached hydrogens (tertiary/aromatic N) is 3. The highest BCUT2D eigenvalue weighted by Gasteiger charge is 2.18. The van der Waals surface area contributed by atoms with E-state index < -0.39 is 0 Å². The molecule has 0 bridgehead atoms. The van der Waals surface area contributed by atoms with Gasteiger partial charge in [-0.1, -0.05) is 30.7 Å². The van der Waals surface area contributed by atoms with Crippen molar-refractivity contribution in [2.45, 2.75) is 45.3 Å². The molecule has 1 unspecified atom stereocenters. The number of piperidine rings is 1. The predicted octanol–water partition coefficient (Wildman–Crippen LogP) is 3.54. The third-order valence-electron chi connectivity index (χ3n) is 5.11. The van der Waals surface area contributed by atoms with Crippen molar-refractivity contribution in [1.82, 2.24) is 9.80 Å². The molecule has 1 aromatic rings. The van der Waals surface area contributed by atoms with Crippen LogP contribution in [0, 0.1) is 0 Å². The number of aliphatic imine (C=N–C) groups is 1. The molecule has 2 aliphatic heterocycles. The Hall–Kier alpha value is -0.470. The van der Waals surface area contributed by atoms with Crippen molar-refractivity contribution in [2.24, 2.45) is 10.7 Å². The molecule has 0 amide bonds. The smallest absolute Gasteiger partial charge is 0.191 e. The zero-order chi connectivity index (χ0) is 16.8.